The van der Waals surface area contributed by atoms with Gasteiger partial charge >= 0.3 is 5.69 Å². The Labute approximate surface area is 111 Å². The Bertz CT molecular complexity index is 554. The van der Waals surface area contributed by atoms with Gasteiger partial charge in [0.25, 0.3) is 0 Å². The molecule has 1 amide bonds. The number of nitrogens with one attached hydrogen (secondary N) is 2. The van der Waals surface area contributed by atoms with Crippen molar-refractivity contribution in [2.24, 2.45) is 5.92 Å². The van der Waals surface area contributed by atoms with Crippen LogP contribution in [0.5, 0.6) is 0 Å². The Morgan fingerprint density at radius 1 is 1.42 bits per heavy atom. The average molecular weight is 262 g/mol. The molecule has 2 heterocycles. The number of carbonyl (C=O) groups is 1. The number of hydrogen-bond acceptors (Lipinski definition) is 4. The zero-order chi connectivity index (χ0) is 13.4. The van der Waals surface area contributed by atoms with Crippen molar-refractivity contribution in [3.8, 4) is 0 Å². The Balaban J connectivity index is 1.89. The highest BCUT2D eigenvalue weighted by Gasteiger charge is 2.37. The van der Waals surface area contributed by atoms with Crippen LogP contribution in [0.1, 0.15) is 31.7 Å². The molecule has 2 N–H and O–H groups in total. The number of rotatable bonds is 2. The molecule has 1 aliphatic heterocycles. The molecule has 2 bridgehead atoms. The third kappa shape index (κ3) is 2.22. The molecule has 102 valence electrons. The van der Waals surface area contributed by atoms with Gasteiger partial charge in [0.1, 0.15) is 5.82 Å². The molecule has 1 aromatic rings. The summed E-state index contributed by atoms with van der Waals surface area (Å²) in [5.74, 6) is 1.16. The van der Waals surface area contributed by atoms with Gasteiger partial charge in [-0.1, -0.05) is 0 Å². The molecule has 1 aliphatic carbocycles. The largest absolute Gasteiger partial charge is 0.373 e. The minimum atomic E-state index is -0.255. The Hall–Kier alpha value is -1.85. The molecule has 1 saturated heterocycles. The molecule has 1 saturated carbocycles. The Kier molecular flexibility index (Phi) is 3.00. The Morgan fingerprint density at radius 3 is 3.00 bits per heavy atom. The lowest BCUT2D eigenvalue weighted by Crippen LogP contribution is -2.51. The SMILES string of the molecule is CNc1ccn([C@@H]2CC[C@H]3CC(=O)N[C@H]2C3)c(=O)n1. The van der Waals surface area contributed by atoms with Crippen LogP contribution < -0.4 is 16.3 Å². The van der Waals surface area contributed by atoms with Crippen LogP contribution in [-0.2, 0) is 4.79 Å². The summed E-state index contributed by atoms with van der Waals surface area (Å²) >= 11 is 0. The van der Waals surface area contributed by atoms with Crippen molar-refractivity contribution in [3.05, 3.63) is 22.7 Å². The summed E-state index contributed by atoms with van der Waals surface area (Å²) in [5.41, 5.74) is -0.255. The maximum absolute atomic E-state index is 12.0. The number of hydrogen-bond donors (Lipinski definition) is 2. The van der Waals surface area contributed by atoms with Crippen molar-refractivity contribution < 1.29 is 4.79 Å². The van der Waals surface area contributed by atoms with Crippen molar-refractivity contribution in [1.29, 1.82) is 0 Å². The highest BCUT2D eigenvalue weighted by atomic mass is 16.2. The van der Waals surface area contributed by atoms with Crippen molar-refractivity contribution >= 4 is 11.7 Å². The molecular weight excluding hydrogens is 244 g/mol. The predicted molar refractivity (Wildman–Crippen MR) is 71.0 cm³/mol. The van der Waals surface area contributed by atoms with Crippen molar-refractivity contribution in [1.82, 2.24) is 14.9 Å². The average Bonchev–Trinajstić information content (AvgIpc) is 2.39. The Morgan fingerprint density at radius 2 is 2.26 bits per heavy atom. The third-order valence-corrected chi connectivity index (χ3v) is 4.19. The first-order valence-electron chi connectivity index (χ1n) is 6.73. The summed E-state index contributed by atoms with van der Waals surface area (Å²) in [6.45, 7) is 0. The van der Waals surface area contributed by atoms with Gasteiger partial charge in [-0.3, -0.25) is 9.36 Å². The molecular formula is C13H18N4O2. The standard InChI is InChI=1S/C13H18N4O2/c1-14-11-4-5-17(13(19)16-11)10-3-2-8-6-9(10)15-12(18)7-8/h4-5,8-10H,2-3,6-7H2,1H3,(H,15,18)(H,14,16,19)/t8-,9+,10-/m1/s1. The molecule has 3 atom stereocenters. The van der Waals surface area contributed by atoms with Gasteiger partial charge in [0.15, 0.2) is 0 Å². The van der Waals surface area contributed by atoms with Crippen LogP contribution in [0.3, 0.4) is 0 Å². The van der Waals surface area contributed by atoms with Crippen LogP contribution >= 0.6 is 0 Å². The molecule has 3 rings (SSSR count). The number of aromatic nitrogens is 2. The fourth-order valence-corrected chi connectivity index (χ4v) is 3.25. The maximum atomic E-state index is 12.0. The van der Waals surface area contributed by atoms with Gasteiger partial charge in [0.2, 0.25) is 5.91 Å². The number of anilines is 1. The normalized spacial score (nSPS) is 29.7. The van der Waals surface area contributed by atoms with Crippen LogP contribution in [-0.4, -0.2) is 28.5 Å². The van der Waals surface area contributed by atoms with E-state index in [4.69, 9.17) is 0 Å². The fourth-order valence-electron chi connectivity index (χ4n) is 3.25. The van der Waals surface area contributed by atoms with E-state index in [9.17, 15) is 9.59 Å². The molecule has 0 spiro atoms. The number of piperidine rings is 1. The quantitative estimate of drug-likeness (QED) is 0.814. The zero-order valence-corrected chi connectivity index (χ0v) is 10.9. The summed E-state index contributed by atoms with van der Waals surface area (Å²) in [6.07, 6.45) is 5.31. The molecule has 2 aliphatic rings. The van der Waals surface area contributed by atoms with E-state index in [1.54, 1.807) is 23.9 Å². The van der Waals surface area contributed by atoms with Gasteiger partial charge in [-0.25, -0.2) is 4.79 Å². The molecule has 0 unspecified atom stereocenters. The highest BCUT2D eigenvalue weighted by Crippen LogP contribution is 2.36. The monoisotopic (exact) mass is 262 g/mol. The lowest BCUT2D eigenvalue weighted by Gasteiger charge is -2.40. The second kappa shape index (κ2) is 4.68. The van der Waals surface area contributed by atoms with E-state index in [2.05, 4.69) is 15.6 Å². The first kappa shape index (κ1) is 12.2. The zero-order valence-electron chi connectivity index (χ0n) is 10.9. The van der Waals surface area contributed by atoms with Crippen molar-refractivity contribution in [3.63, 3.8) is 0 Å². The van der Waals surface area contributed by atoms with Crippen LogP contribution in [0.4, 0.5) is 5.82 Å². The summed E-state index contributed by atoms with van der Waals surface area (Å²) in [6, 6.07) is 1.89. The minimum absolute atomic E-state index is 0.0337. The summed E-state index contributed by atoms with van der Waals surface area (Å²) in [5, 5.41) is 5.86. The summed E-state index contributed by atoms with van der Waals surface area (Å²) in [4.78, 5) is 27.6. The van der Waals surface area contributed by atoms with Crippen molar-refractivity contribution in [2.75, 3.05) is 12.4 Å². The smallest absolute Gasteiger partial charge is 0.349 e. The van der Waals surface area contributed by atoms with E-state index in [0.29, 0.717) is 18.2 Å². The van der Waals surface area contributed by atoms with Crippen molar-refractivity contribution in [2.45, 2.75) is 37.8 Å². The minimum Gasteiger partial charge on any atom is -0.373 e. The van der Waals surface area contributed by atoms with Crippen LogP contribution in [0.15, 0.2) is 17.1 Å². The van der Waals surface area contributed by atoms with E-state index in [-0.39, 0.29) is 23.7 Å². The maximum Gasteiger partial charge on any atom is 0.349 e. The lowest BCUT2D eigenvalue weighted by atomic mass is 9.77. The molecule has 0 aromatic carbocycles. The summed E-state index contributed by atoms with van der Waals surface area (Å²) < 4.78 is 1.66. The topological polar surface area (TPSA) is 76.0 Å². The summed E-state index contributed by atoms with van der Waals surface area (Å²) in [7, 11) is 1.73. The van der Waals surface area contributed by atoms with Crippen LogP contribution in [0.25, 0.3) is 0 Å². The van der Waals surface area contributed by atoms with Crippen LogP contribution in [0, 0.1) is 5.92 Å². The second-order valence-electron chi connectivity index (χ2n) is 5.38. The molecule has 6 nitrogen and oxygen atoms in total. The fraction of sp³-hybridized carbons (Fsp3) is 0.615. The number of fused-ring (bicyclic) bond motifs is 2. The molecule has 6 heteroatoms. The first-order chi connectivity index (χ1) is 9.17. The van der Waals surface area contributed by atoms with E-state index < -0.39 is 0 Å². The van der Waals surface area contributed by atoms with Gasteiger partial charge < -0.3 is 10.6 Å². The third-order valence-electron chi connectivity index (χ3n) is 4.19. The second-order valence-corrected chi connectivity index (χ2v) is 5.38. The van der Waals surface area contributed by atoms with E-state index >= 15 is 0 Å². The molecule has 1 aromatic heterocycles. The van der Waals surface area contributed by atoms with E-state index in [1.165, 1.54) is 0 Å². The van der Waals surface area contributed by atoms with Gasteiger partial charge in [-0.15, -0.1) is 0 Å². The molecule has 0 radical (unpaired) electrons. The number of amides is 1. The van der Waals surface area contributed by atoms with Gasteiger partial charge in [0.05, 0.1) is 6.04 Å². The van der Waals surface area contributed by atoms with E-state index in [1.807, 2.05) is 0 Å². The molecule has 2 fully saturated rings. The number of nitrogens with zero attached hydrogens (tertiary/aromatic N) is 2. The molecule has 19 heavy (non-hydrogen) atoms. The lowest BCUT2D eigenvalue weighted by molar-refractivity contribution is -0.126. The van der Waals surface area contributed by atoms with Gasteiger partial charge in [-0.05, 0) is 31.2 Å². The van der Waals surface area contributed by atoms with Gasteiger partial charge in [0, 0.05) is 25.7 Å². The van der Waals surface area contributed by atoms with Gasteiger partial charge in [-0.2, -0.15) is 4.98 Å². The van der Waals surface area contributed by atoms with Crippen LogP contribution in [0.2, 0.25) is 0 Å². The number of carbonyl (C=O) groups excluding carboxylic acids is 1. The van der Waals surface area contributed by atoms with E-state index in [0.717, 1.165) is 19.3 Å². The predicted octanol–water partition coefficient (Wildman–Crippen LogP) is 0.515. The first-order valence-corrected chi connectivity index (χ1v) is 6.73. The highest BCUT2D eigenvalue weighted by molar-refractivity contribution is 5.77.